The van der Waals surface area contributed by atoms with Gasteiger partial charge in [0.1, 0.15) is 0 Å². The Morgan fingerprint density at radius 2 is 2.00 bits per heavy atom. The number of aliphatic hydroxyl groups excluding tert-OH is 1. The molecule has 2 heteroatoms. The summed E-state index contributed by atoms with van der Waals surface area (Å²) in [5.41, 5.74) is 4.06. The van der Waals surface area contributed by atoms with Gasteiger partial charge in [-0.15, -0.1) is 0 Å². The smallest absolute Gasteiger partial charge is 0.0617 e. The molecule has 0 aromatic heterocycles. The second-order valence-electron chi connectivity index (χ2n) is 11.2. The maximum atomic E-state index is 10.3. The third-order valence-corrected chi connectivity index (χ3v) is 9.05. The summed E-state index contributed by atoms with van der Waals surface area (Å²) in [6, 6.07) is 0. The molecule has 0 bridgehead atoms. The van der Waals surface area contributed by atoms with Crippen LogP contribution < -0.4 is 0 Å². The lowest BCUT2D eigenvalue weighted by Crippen LogP contribution is -2.36. The molecule has 3 aliphatic rings. The highest BCUT2D eigenvalue weighted by molar-refractivity contribution is 5.36. The van der Waals surface area contributed by atoms with Crippen molar-refractivity contribution in [3.05, 3.63) is 35.5 Å². The fraction of sp³-hybridized carbons (Fsp3) is 0.786. The first-order chi connectivity index (χ1) is 14.2. The quantitative estimate of drug-likeness (QED) is 0.465. The molecule has 0 amide bonds. The van der Waals surface area contributed by atoms with Crippen LogP contribution in [0.15, 0.2) is 35.5 Å². The second-order valence-corrected chi connectivity index (χ2v) is 11.2. The molecule has 30 heavy (non-hydrogen) atoms. The predicted octanol–water partition coefficient (Wildman–Crippen LogP) is 7.12. The van der Waals surface area contributed by atoms with Crippen molar-refractivity contribution in [1.82, 2.24) is 0 Å². The topological polar surface area (TPSA) is 40.5 Å². The zero-order chi connectivity index (χ0) is 21.9. The Morgan fingerprint density at radius 3 is 2.73 bits per heavy atom. The zero-order valence-electron chi connectivity index (χ0n) is 20.1. The van der Waals surface area contributed by atoms with Crippen molar-refractivity contribution < 1.29 is 10.2 Å². The van der Waals surface area contributed by atoms with E-state index in [4.69, 9.17) is 0 Å². The summed E-state index contributed by atoms with van der Waals surface area (Å²) in [5, 5.41) is 20.4. The van der Waals surface area contributed by atoms with E-state index < -0.39 is 5.60 Å². The van der Waals surface area contributed by atoms with Crippen LogP contribution >= 0.6 is 0 Å². The summed E-state index contributed by atoms with van der Waals surface area (Å²) in [6.45, 7) is 13.3. The van der Waals surface area contributed by atoms with Crippen molar-refractivity contribution in [3.8, 4) is 0 Å². The van der Waals surface area contributed by atoms with Crippen LogP contribution in [-0.4, -0.2) is 21.9 Å². The first-order valence-electron chi connectivity index (χ1n) is 12.6. The van der Waals surface area contributed by atoms with Crippen molar-refractivity contribution in [2.75, 3.05) is 0 Å². The molecule has 0 spiro atoms. The van der Waals surface area contributed by atoms with Gasteiger partial charge in [-0.2, -0.15) is 0 Å². The molecule has 2 N–H and O–H groups in total. The first kappa shape index (κ1) is 23.8. The lowest BCUT2D eigenvalue weighted by Gasteiger charge is -2.44. The number of allylic oxidation sites excluding steroid dienone is 4. The van der Waals surface area contributed by atoms with E-state index in [2.05, 4.69) is 39.5 Å². The average molecular weight is 415 g/mol. The Morgan fingerprint density at radius 1 is 1.23 bits per heavy atom. The minimum absolute atomic E-state index is 0.193. The van der Waals surface area contributed by atoms with Crippen LogP contribution in [0, 0.1) is 23.2 Å². The second kappa shape index (κ2) is 9.74. The van der Waals surface area contributed by atoms with Gasteiger partial charge in [-0.25, -0.2) is 0 Å². The Bertz CT molecular complexity index is 670. The molecular formula is C28H46O2. The molecule has 0 radical (unpaired) electrons. The van der Waals surface area contributed by atoms with Crippen LogP contribution in [0.1, 0.15) is 105 Å². The highest BCUT2D eigenvalue weighted by Crippen LogP contribution is 2.60. The fourth-order valence-corrected chi connectivity index (χ4v) is 6.79. The monoisotopic (exact) mass is 414 g/mol. The Balaban J connectivity index is 1.66. The highest BCUT2D eigenvalue weighted by Gasteiger charge is 2.50. The maximum Gasteiger partial charge on any atom is 0.0617 e. The Labute approximate surface area is 185 Å². The van der Waals surface area contributed by atoms with Crippen LogP contribution in [0.2, 0.25) is 0 Å². The molecule has 0 aromatic rings. The van der Waals surface area contributed by atoms with Crippen LogP contribution in [0.4, 0.5) is 0 Å². The van der Waals surface area contributed by atoms with Gasteiger partial charge in [0.25, 0.3) is 0 Å². The van der Waals surface area contributed by atoms with E-state index in [9.17, 15) is 10.2 Å². The fourth-order valence-electron chi connectivity index (χ4n) is 6.79. The molecular weight excluding hydrogens is 368 g/mol. The summed E-state index contributed by atoms with van der Waals surface area (Å²) in [4.78, 5) is 0. The van der Waals surface area contributed by atoms with Crippen molar-refractivity contribution in [1.29, 1.82) is 0 Å². The average Bonchev–Trinajstić information content (AvgIpc) is 3.06. The van der Waals surface area contributed by atoms with Crippen LogP contribution in [0.25, 0.3) is 0 Å². The molecule has 0 heterocycles. The van der Waals surface area contributed by atoms with E-state index in [1.165, 1.54) is 49.7 Å². The van der Waals surface area contributed by atoms with E-state index in [1.54, 1.807) is 5.57 Å². The zero-order valence-corrected chi connectivity index (χ0v) is 20.1. The molecule has 3 saturated carbocycles. The number of aliphatic hydroxyl groups is 2. The first-order valence-corrected chi connectivity index (χ1v) is 12.6. The van der Waals surface area contributed by atoms with Gasteiger partial charge in [0, 0.05) is 0 Å². The summed E-state index contributed by atoms with van der Waals surface area (Å²) < 4.78 is 0. The van der Waals surface area contributed by atoms with E-state index in [1.807, 2.05) is 6.92 Å². The molecule has 3 rings (SSSR count). The van der Waals surface area contributed by atoms with Crippen LogP contribution in [0.3, 0.4) is 0 Å². The largest absolute Gasteiger partial charge is 0.393 e. The summed E-state index contributed by atoms with van der Waals surface area (Å²) in [5.74, 6) is 2.26. The third kappa shape index (κ3) is 5.30. The van der Waals surface area contributed by atoms with Gasteiger partial charge >= 0.3 is 0 Å². The van der Waals surface area contributed by atoms with E-state index >= 15 is 0 Å². The van der Waals surface area contributed by atoms with E-state index in [0.29, 0.717) is 5.41 Å². The van der Waals surface area contributed by atoms with Crippen molar-refractivity contribution in [3.63, 3.8) is 0 Å². The van der Waals surface area contributed by atoms with Gasteiger partial charge < -0.3 is 10.2 Å². The third-order valence-electron chi connectivity index (χ3n) is 9.05. The van der Waals surface area contributed by atoms with Gasteiger partial charge in [0.05, 0.1) is 11.7 Å². The molecule has 3 aliphatic carbocycles. The molecule has 6 atom stereocenters. The van der Waals surface area contributed by atoms with Gasteiger partial charge in [-0.05, 0) is 99.9 Å². The summed E-state index contributed by atoms with van der Waals surface area (Å²) >= 11 is 0. The Kier molecular flexibility index (Phi) is 7.72. The minimum atomic E-state index is -0.493. The van der Waals surface area contributed by atoms with Gasteiger partial charge in [-0.1, -0.05) is 63.5 Å². The molecule has 2 nitrogen and oxygen atoms in total. The van der Waals surface area contributed by atoms with Crippen molar-refractivity contribution in [2.45, 2.75) is 116 Å². The summed E-state index contributed by atoms with van der Waals surface area (Å²) in [6.07, 6.45) is 17.8. The van der Waals surface area contributed by atoms with E-state index in [0.717, 1.165) is 56.3 Å². The van der Waals surface area contributed by atoms with Crippen molar-refractivity contribution >= 4 is 0 Å². The van der Waals surface area contributed by atoms with Crippen LogP contribution in [-0.2, 0) is 0 Å². The normalized spacial score (nSPS) is 37.9. The number of hydrogen-bond donors (Lipinski definition) is 2. The van der Waals surface area contributed by atoms with Gasteiger partial charge in [0.2, 0.25) is 0 Å². The van der Waals surface area contributed by atoms with E-state index in [-0.39, 0.29) is 6.10 Å². The standard InChI is InChI=1S/C28H46O2/c1-6-27(4,30)17-7-9-21(3)25-15-16-26-22(10-8-18-28(25,26)5)12-13-23-19-24(29)14-11-20(23)2/h12-13,21,24-26,29-30H,2,6-11,14-19H2,1,3-5H3/b22-12+,23-13-/t21-,24+,25-,26?,27?,28-/m1/s1. The molecule has 0 aliphatic heterocycles. The SMILES string of the molecule is C=C1CC[C@H](O)C/C1=C/C=C1\CCC[C@@]2(C)C1CC[C@@H]2[C@H](C)CCCC(C)(O)CC. The molecule has 3 fully saturated rings. The molecule has 2 unspecified atom stereocenters. The summed E-state index contributed by atoms with van der Waals surface area (Å²) in [7, 11) is 0. The lowest BCUT2D eigenvalue weighted by atomic mass is 9.60. The molecule has 0 saturated heterocycles. The lowest BCUT2D eigenvalue weighted by molar-refractivity contribution is 0.0393. The van der Waals surface area contributed by atoms with Crippen molar-refractivity contribution in [2.24, 2.45) is 23.2 Å². The molecule has 170 valence electrons. The van der Waals surface area contributed by atoms with Gasteiger partial charge in [0.15, 0.2) is 0 Å². The Hall–Kier alpha value is -0.860. The molecule has 0 aromatic carbocycles. The number of rotatable bonds is 7. The number of fused-ring (bicyclic) bond motifs is 1. The highest BCUT2D eigenvalue weighted by atomic mass is 16.3. The predicted molar refractivity (Wildman–Crippen MR) is 127 cm³/mol. The minimum Gasteiger partial charge on any atom is -0.393 e. The number of hydrogen-bond acceptors (Lipinski definition) is 2. The van der Waals surface area contributed by atoms with Crippen LogP contribution in [0.5, 0.6) is 0 Å². The van der Waals surface area contributed by atoms with Gasteiger partial charge in [-0.3, -0.25) is 0 Å². The maximum absolute atomic E-state index is 10.3.